The minimum atomic E-state index is -1.23. The van der Waals surface area contributed by atoms with Crippen molar-refractivity contribution in [2.75, 3.05) is 12.8 Å². The molecule has 0 atom stereocenters. The molecule has 13 heavy (non-hydrogen) atoms. The standard InChI is InChI=1S/C7H10BNO3.ClH/c1-11-8(10)12-7-4-2-6(9)3-5-7;/h2-5,10H,9H2,1H3;1H. The summed E-state index contributed by atoms with van der Waals surface area (Å²) in [5.74, 6) is 0.513. The highest BCUT2D eigenvalue weighted by atomic mass is 35.5. The highest BCUT2D eigenvalue weighted by molar-refractivity contribution is 6.35. The van der Waals surface area contributed by atoms with Crippen LogP contribution in [0.3, 0.4) is 0 Å². The summed E-state index contributed by atoms with van der Waals surface area (Å²) in [6.45, 7) is 0. The number of halogens is 1. The van der Waals surface area contributed by atoms with Gasteiger partial charge in [0.1, 0.15) is 5.75 Å². The van der Waals surface area contributed by atoms with Crippen molar-refractivity contribution in [3.63, 3.8) is 0 Å². The molecule has 0 spiro atoms. The number of hydrogen-bond acceptors (Lipinski definition) is 4. The van der Waals surface area contributed by atoms with E-state index in [2.05, 4.69) is 4.65 Å². The Kier molecular flexibility index (Phi) is 5.29. The smallest absolute Gasteiger partial charge is 0.512 e. The lowest BCUT2D eigenvalue weighted by Gasteiger charge is -2.06. The third-order valence-electron chi connectivity index (χ3n) is 1.32. The maximum Gasteiger partial charge on any atom is 0.710 e. The summed E-state index contributed by atoms with van der Waals surface area (Å²) < 4.78 is 9.38. The van der Waals surface area contributed by atoms with Crippen LogP contribution < -0.4 is 10.4 Å². The summed E-state index contributed by atoms with van der Waals surface area (Å²) in [6, 6.07) is 6.66. The van der Waals surface area contributed by atoms with Crippen molar-refractivity contribution in [1.82, 2.24) is 0 Å². The Morgan fingerprint density at radius 2 is 1.85 bits per heavy atom. The third-order valence-corrected chi connectivity index (χ3v) is 1.32. The van der Waals surface area contributed by atoms with Crippen LogP contribution in [0.2, 0.25) is 0 Å². The lowest BCUT2D eigenvalue weighted by Crippen LogP contribution is -2.23. The van der Waals surface area contributed by atoms with Crippen molar-refractivity contribution < 1.29 is 14.3 Å². The Labute approximate surface area is 83.2 Å². The molecule has 1 aromatic carbocycles. The molecule has 0 amide bonds. The zero-order valence-electron chi connectivity index (χ0n) is 7.14. The van der Waals surface area contributed by atoms with Crippen LogP contribution in [0.25, 0.3) is 0 Å². The summed E-state index contributed by atoms with van der Waals surface area (Å²) in [5.41, 5.74) is 6.09. The molecule has 0 saturated carbocycles. The van der Waals surface area contributed by atoms with Crippen molar-refractivity contribution >= 4 is 25.4 Å². The molecule has 0 bridgehead atoms. The Hall–Kier alpha value is -0.905. The topological polar surface area (TPSA) is 64.7 Å². The van der Waals surface area contributed by atoms with Gasteiger partial charge in [-0.15, -0.1) is 12.4 Å². The van der Waals surface area contributed by atoms with Crippen LogP contribution in [-0.2, 0) is 4.65 Å². The molecular weight excluding hydrogens is 192 g/mol. The van der Waals surface area contributed by atoms with E-state index in [0.29, 0.717) is 11.4 Å². The molecule has 0 aliphatic heterocycles. The van der Waals surface area contributed by atoms with Gasteiger partial charge in [0.15, 0.2) is 0 Å². The van der Waals surface area contributed by atoms with Crippen molar-refractivity contribution in [1.29, 1.82) is 0 Å². The van der Waals surface area contributed by atoms with Crippen LogP contribution >= 0.6 is 12.4 Å². The quantitative estimate of drug-likeness (QED) is 0.560. The van der Waals surface area contributed by atoms with Crippen molar-refractivity contribution in [3.8, 4) is 5.75 Å². The van der Waals surface area contributed by atoms with Gasteiger partial charge in [-0.05, 0) is 24.3 Å². The van der Waals surface area contributed by atoms with Gasteiger partial charge >= 0.3 is 7.32 Å². The van der Waals surface area contributed by atoms with E-state index >= 15 is 0 Å². The number of nitrogens with two attached hydrogens (primary N) is 1. The second kappa shape index (κ2) is 5.69. The minimum absolute atomic E-state index is 0. The highest BCUT2D eigenvalue weighted by Crippen LogP contribution is 2.13. The third kappa shape index (κ3) is 4.03. The Morgan fingerprint density at radius 1 is 1.31 bits per heavy atom. The van der Waals surface area contributed by atoms with Gasteiger partial charge in [0, 0.05) is 12.8 Å². The molecule has 1 rings (SSSR count). The first-order valence-electron chi connectivity index (χ1n) is 3.45. The van der Waals surface area contributed by atoms with Gasteiger partial charge in [-0.25, -0.2) is 0 Å². The van der Waals surface area contributed by atoms with E-state index in [1.165, 1.54) is 7.11 Å². The van der Waals surface area contributed by atoms with Gasteiger partial charge in [0.25, 0.3) is 0 Å². The average Bonchev–Trinajstić information content (AvgIpc) is 2.09. The fraction of sp³-hybridized carbons (Fsp3) is 0.143. The summed E-state index contributed by atoms with van der Waals surface area (Å²) in [7, 11) is 0.121. The number of rotatable bonds is 3. The SMILES string of the molecule is COB(O)Oc1ccc(N)cc1.Cl. The van der Waals surface area contributed by atoms with E-state index in [9.17, 15) is 0 Å². The van der Waals surface area contributed by atoms with Crippen LogP contribution in [0, 0.1) is 0 Å². The monoisotopic (exact) mass is 203 g/mol. The first-order chi connectivity index (χ1) is 5.72. The molecule has 1 aromatic rings. The highest BCUT2D eigenvalue weighted by Gasteiger charge is 2.14. The number of benzene rings is 1. The maximum atomic E-state index is 8.90. The van der Waals surface area contributed by atoms with Crippen LogP contribution in [0.1, 0.15) is 0 Å². The van der Waals surface area contributed by atoms with Crippen molar-refractivity contribution in [2.45, 2.75) is 0 Å². The van der Waals surface area contributed by atoms with Crippen LogP contribution in [0.4, 0.5) is 5.69 Å². The van der Waals surface area contributed by atoms with E-state index in [-0.39, 0.29) is 12.4 Å². The predicted molar refractivity (Wildman–Crippen MR) is 53.7 cm³/mol. The first-order valence-corrected chi connectivity index (χ1v) is 3.45. The molecule has 0 aliphatic carbocycles. The molecule has 0 unspecified atom stereocenters. The molecule has 0 heterocycles. The van der Waals surface area contributed by atoms with Gasteiger partial charge in [-0.3, -0.25) is 0 Å². The maximum absolute atomic E-state index is 8.90. The molecule has 72 valence electrons. The molecule has 0 radical (unpaired) electrons. The minimum Gasteiger partial charge on any atom is -0.512 e. The number of nitrogen functional groups attached to an aromatic ring is 1. The fourth-order valence-electron chi connectivity index (χ4n) is 0.711. The summed E-state index contributed by atoms with van der Waals surface area (Å²) in [5, 5.41) is 8.90. The van der Waals surface area contributed by atoms with E-state index in [0.717, 1.165) is 0 Å². The van der Waals surface area contributed by atoms with Crippen LogP contribution in [0.5, 0.6) is 5.75 Å². The van der Waals surface area contributed by atoms with Gasteiger partial charge < -0.3 is 20.1 Å². The van der Waals surface area contributed by atoms with E-state index < -0.39 is 7.32 Å². The molecule has 6 heteroatoms. The lowest BCUT2D eigenvalue weighted by atomic mass is 10.2. The van der Waals surface area contributed by atoms with Gasteiger partial charge in [0.2, 0.25) is 0 Å². The van der Waals surface area contributed by atoms with Gasteiger partial charge in [-0.1, -0.05) is 0 Å². The van der Waals surface area contributed by atoms with Crippen LogP contribution in [0.15, 0.2) is 24.3 Å². The molecule has 4 nitrogen and oxygen atoms in total. The molecule has 0 aliphatic rings. The van der Waals surface area contributed by atoms with Crippen molar-refractivity contribution in [2.24, 2.45) is 0 Å². The fourth-order valence-corrected chi connectivity index (χ4v) is 0.711. The second-order valence-corrected chi connectivity index (χ2v) is 2.23. The lowest BCUT2D eigenvalue weighted by molar-refractivity contribution is 0.238. The molecule has 0 aromatic heterocycles. The van der Waals surface area contributed by atoms with E-state index in [1.807, 2.05) is 0 Å². The summed E-state index contributed by atoms with van der Waals surface area (Å²) in [4.78, 5) is 0. The first kappa shape index (κ1) is 12.1. The zero-order valence-corrected chi connectivity index (χ0v) is 7.95. The van der Waals surface area contributed by atoms with Gasteiger partial charge in [-0.2, -0.15) is 0 Å². The molecule has 0 saturated heterocycles. The molecule has 3 N–H and O–H groups in total. The molecule has 0 fully saturated rings. The Morgan fingerprint density at radius 3 is 2.31 bits per heavy atom. The number of hydrogen-bond donors (Lipinski definition) is 2. The second-order valence-electron chi connectivity index (χ2n) is 2.23. The van der Waals surface area contributed by atoms with Crippen LogP contribution in [-0.4, -0.2) is 19.5 Å². The number of anilines is 1. The Bertz CT molecular complexity index is 244. The average molecular weight is 203 g/mol. The Balaban J connectivity index is 0.00000144. The normalized spacial score (nSPS) is 8.77. The largest absolute Gasteiger partial charge is 0.710 e. The van der Waals surface area contributed by atoms with Crippen molar-refractivity contribution in [3.05, 3.63) is 24.3 Å². The van der Waals surface area contributed by atoms with Gasteiger partial charge in [0.05, 0.1) is 0 Å². The zero-order chi connectivity index (χ0) is 8.97. The summed E-state index contributed by atoms with van der Waals surface area (Å²) in [6.07, 6.45) is 0. The predicted octanol–water partition coefficient (Wildman–Crippen LogP) is 0.693. The van der Waals surface area contributed by atoms with E-state index in [1.54, 1.807) is 24.3 Å². The molecular formula is C7H11BClNO3. The summed E-state index contributed by atoms with van der Waals surface area (Å²) >= 11 is 0. The van der Waals surface area contributed by atoms with E-state index in [4.69, 9.17) is 15.4 Å².